The molecule has 0 amide bonds. The van der Waals surface area contributed by atoms with Gasteiger partial charge < -0.3 is 14.5 Å². The maximum absolute atomic E-state index is 12.8. The van der Waals surface area contributed by atoms with Crippen LogP contribution in [-0.2, 0) is 22.6 Å². The number of carbonyl (C=O) groups excluding carboxylic acids is 1. The number of H-pyrrole nitrogens is 1. The van der Waals surface area contributed by atoms with Crippen LogP contribution in [0.15, 0.2) is 33.9 Å². The number of aromatic nitrogens is 4. The van der Waals surface area contributed by atoms with Gasteiger partial charge in [-0.1, -0.05) is 13.8 Å². The molecule has 0 unspecified atom stereocenters. The molecule has 2 heterocycles. The highest BCUT2D eigenvalue weighted by Crippen LogP contribution is 2.21. The quantitative estimate of drug-likeness (QED) is 0.579. The summed E-state index contributed by atoms with van der Waals surface area (Å²) in [5, 5.41) is 0. The molecule has 9 nitrogen and oxygen atoms in total. The molecule has 0 aliphatic carbocycles. The van der Waals surface area contributed by atoms with Crippen molar-refractivity contribution in [2.75, 3.05) is 13.7 Å². The molecule has 0 aliphatic heterocycles. The Morgan fingerprint density at radius 1 is 1.07 bits per heavy atom. The van der Waals surface area contributed by atoms with Crippen LogP contribution in [0.1, 0.15) is 26.7 Å². The number of nitrogens with zero attached hydrogens (tertiary/aromatic N) is 3. The maximum atomic E-state index is 12.8. The van der Waals surface area contributed by atoms with Gasteiger partial charge in [0.2, 0.25) is 0 Å². The molecule has 1 aromatic carbocycles. The van der Waals surface area contributed by atoms with Gasteiger partial charge in [0.05, 0.1) is 7.11 Å². The normalized spacial score (nSPS) is 11.0. The minimum absolute atomic E-state index is 0.180. The highest BCUT2D eigenvalue weighted by Gasteiger charge is 2.17. The van der Waals surface area contributed by atoms with Crippen LogP contribution < -0.4 is 16.0 Å². The van der Waals surface area contributed by atoms with Gasteiger partial charge in [-0.3, -0.25) is 13.9 Å². The van der Waals surface area contributed by atoms with Gasteiger partial charge >= 0.3 is 11.7 Å². The molecule has 1 N–H and O–H groups in total. The molecule has 3 aromatic rings. The van der Waals surface area contributed by atoms with Crippen LogP contribution in [0.3, 0.4) is 0 Å². The van der Waals surface area contributed by atoms with E-state index in [0.717, 1.165) is 12.0 Å². The lowest BCUT2D eigenvalue weighted by Gasteiger charge is -2.09. The molecule has 0 radical (unpaired) electrons. The Hall–Kier alpha value is -3.36. The fourth-order valence-electron chi connectivity index (χ4n) is 3.06. The van der Waals surface area contributed by atoms with E-state index in [4.69, 9.17) is 4.74 Å². The average molecular weight is 400 g/mol. The van der Waals surface area contributed by atoms with Crippen LogP contribution in [-0.4, -0.2) is 38.8 Å². The molecule has 0 atom stereocenters. The molecule has 0 saturated carbocycles. The van der Waals surface area contributed by atoms with Crippen molar-refractivity contribution in [2.45, 2.75) is 39.8 Å². The number of methoxy groups -OCH3 is 1. The summed E-state index contributed by atoms with van der Waals surface area (Å²) in [6.45, 7) is 4.54. The molecule has 2 aromatic heterocycles. The van der Waals surface area contributed by atoms with E-state index in [1.165, 1.54) is 11.7 Å². The fraction of sp³-hybridized carbons (Fsp3) is 0.400. The van der Waals surface area contributed by atoms with Crippen molar-refractivity contribution >= 4 is 17.1 Å². The first-order valence-electron chi connectivity index (χ1n) is 9.53. The Balaban J connectivity index is 2.02. The molecule has 29 heavy (non-hydrogen) atoms. The van der Waals surface area contributed by atoms with Crippen LogP contribution in [0.4, 0.5) is 0 Å². The molecule has 0 aliphatic rings. The molecule has 0 bridgehead atoms. The minimum atomic E-state index is -0.469. The second-order valence-corrected chi connectivity index (χ2v) is 6.56. The van der Waals surface area contributed by atoms with Gasteiger partial charge in [-0.2, -0.15) is 0 Å². The predicted octanol–water partition coefficient (Wildman–Crippen LogP) is 1.93. The average Bonchev–Trinajstić information content (AvgIpc) is 3.18. The summed E-state index contributed by atoms with van der Waals surface area (Å²) in [6, 6.07) is 6.91. The second-order valence-electron chi connectivity index (χ2n) is 6.56. The third-order valence-electron chi connectivity index (χ3n) is 4.47. The summed E-state index contributed by atoms with van der Waals surface area (Å²) in [7, 11) is 1.29. The third-order valence-corrected chi connectivity index (χ3v) is 4.47. The van der Waals surface area contributed by atoms with E-state index < -0.39 is 5.97 Å². The number of carbonyl (C=O) groups is 1. The monoisotopic (exact) mass is 400 g/mol. The minimum Gasteiger partial charge on any atom is -0.482 e. The molecule has 0 saturated heterocycles. The van der Waals surface area contributed by atoms with E-state index in [-0.39, 0.29) is 17.9 Å². The molecule has 0 spiro atoms. The van der Waals surface area contributed by atoms with Crippen molar-refractivity contribution in [1.82, 2.24) is 19.1 Å². The van der Waals surface area contributed by atoms with Crippen LogP contribution in [0.2, 0.25) is 0 Å². The highest BCUT2D eigenvalue weighted by atomic mass is 16.6. The molecular weight excluding hydrogens is 376 g/mol. The van der Waals surface area contributed by atoms with Crippen molar-refractivity contribution in [3.05, 3.63) is 45.1 Å². The van der Waals surface area contributed by atoms with Crippen molar-refractivity contribution in [1.29, 1.82) is 0 Å². The second kappa shape index (κ2) is 8.76. The number of rotatable bonds is 8. The van der Waals surface area contributed by atoms with E-state index in [1.54, 1.807) is 28.8 Å². The number of aryl methyl sites for hydroxylation is 1. The summed E-state index contributed by atoms with van der Waals surface area (Å²) < 4.78 is 12.7. The Labute approximate surface area is 166 Å². The Morgan fingerprint density at radius 2 is 1.72 bits per heavy atom. The SMILES string of the molecule is CCCn1c(=O)c2[nH]c(-c3ccc(OCC(=O)OC)cc3)nc2n(CCC)c1=O. The molecule has 0 fully saturated rings. The molecule has 3 rings (SSSR count). The standard InChI is InChI=1S/C20H24N4O5/c1-4-10-23-18-16(19(26)24(11-5-2)20(23)27)21-17(22-18)13-6-8-14(9-7-13)29-12-15(25)28-3/h6-9H,4-5,10-12H2,1-3H3,(H,21,22). The fourth-order valence-corrected chi connectivity index (χ4v) is 3.06. The van der Waals surface area contributed by atoms with Gasteiger partial charge in [-0.15, -0.1) is 0 Å². The maximum Gasteiger partial charge on any atom is 0.343 e. The lowest BCUT2D eigenvalue weighted by atomic mass is 10.2. The third kappa shape index (κ3) is 4.08. The number of imidazole rings is 1. The first-order chi connectivity index (χ1) is 14.0. The van der Waals surface area contributed by atoms with Gasteiger partial charge in [-0.25, -0.2) is 14.6 Å². The number of hydrogen-bond donors (Lipinski definition) is 1. The van der Waals surface area contributed by atoms with E-state index in [2.05, 4.69) is 14.7 Å². The summed E-state index contributed by atoms with van der Waals surface area (Å²) in [5.41, 5.74) is 0.693. The number of aromatic amines is 1. The van der Waals surface area contributed by atoms with Crippen LogP contribution in [0.5, 0.6) is 5.75 Å². The summed E-state index contributed by atoms with van der Waals surface area (Å²) in [6.07, 6.45) is 1.43. The van der Waals surface area contributed by atoms with Gasteiger partial charge in [0.15, 0.2) is 12.3 Å². The van der Waals surface area contributed by atoms with Gasteiger partial charge in [0.25, 0.3) is 5.56 Å². The summed E-state index contributed by atoms with van der Waals surface area (Å²) in [4.78, 5) is 44.3. The van der Waals surface area contributed by atoms with Crippen molar-refractivity contribution < 1.29 is 14.3 Å². The number of nitrogens with one attached hydrogen (secondary N) is 1. The van der Waals surface area contributed by atoms with Gasteiger partial charge in [0.1, 0.15) is 17.1 Å². The Bertz CT molecular complexity index is 1120. The van der Waals surface area contributed by atoms with Crippen molar-refractivity contribution in [3.63, 3.8) is 0 Å². The van der Waals surface area contributed by atoms with E-state index >= 15 is 0 Å². The molecule has 154 valence electrons. The van der Waals surface area contributed by atoms with Crippen LogP contribution >= 0.6 is 0 Å². The first kappa shape index (κ1) is 20.4. The van der Waals surface area contributed by atoms with Crippen LogP contribution in [0.25, 0.3) is 22.6 Å². The van der Waals surface area contributed by atoms with E-state index in [9.17, 15) is 14.4 Å². The van der Waals surface area contributed by atoms with Crippen molar-refractivity contribution in [3.8, 4) is 17.1 Å². The lowest BCUT2D eigenvalue weighted by molar-refractivity contribution is -0.142. The lowest BCUT2D eigenvalue weighted by Crippen LogP contribution is -2.40. The Kier molecular flexibility index (Phi) is 6.16. The zero-order chi connectivity index (χ0) is 21.0. The highest BCUT2D eigenvalue weighted by molar-refractivity contribution is 5.75. The molecule has 9 heteroatoms. The van der Waals surface area contributed by atoms with E-state index in [0.29, 0.717) is 42.2 Å². The largest absolute Gasteiger partial charge is 0.482 e. The smallest absolute Gasteiger partial charge is 0.343 e. The number of benzene rings is 1. The number of fused-ring (bicyclic) bond motifs is 1. The first-order valence-corrected chi connectivity index (χ1v) is 9.53. The zero-order valence-corrected chi connectivity index (χ0v) is 16.7. The topological polar surface area (TPSA) is 108 Å². The summed E-state index contributed by atoms with van der Waals surface area (Å²) in [5.74, 6) is 0.516. The van der Waals surface area contributed by atoms with E-state index in [1.807, 2.05) is 13.8 Å². The zero-order valence-electron chi connectivity index (χ0n) is 16.7. The van der Waals surface area contributed by atoms with Gasteiger partial charge in [0, 0.05) is 18.7 Å². The predicted molar refractivity (Wildman–Crippen MR) is 108 cm³/mol. The molecular formula is C20H24N4O5. The van der Waals surface area contributed by atoms with Gasteiger partial charge in [-0.05, 0) is 37.1 Å². The van der Waals surface area contributed by atoms with Crippen LogP contribution in [0, 0.1) is 0 Å². The number of esters is 1. The Morgan fingerprint density at radius 3 is 2.34 bits per heavy atom. The number of ether oxygens (including phenoxy) is 2. The summed E-state index contributed by atoms with van der Waals surface area (Å²) >= 11 is 0. The number of hydrogen-bond acceptors (Lipinski definition) is 6. The van der Waals surface area contributed by atoms with Crippen molar-refractivity contribution in [2.24, 2.45) is 0 Å².